The van der Waals surface area contributed by atoms with Gasteiger partial charge in [-0.2, -0.15) is 0 Å². The molecule has 0 amide bonds. The van der Waals surface area contributed by atoms with E-state index in [0.717, 1.165) is 28.1 Å². The molecule has 2 N–H and O–H groups in total. The molecular formula is C50H43N3. The Hall–Kier alpha value is -6.67. The predicted octanol–water partition coefficient (Wildman–Crippen LogP) is 12.6. The Morgan fingerprint density at radius 1 is 0.660 bits per heavy atom. The molecule has 7 rings (SSSR count). The summed E-state index contributed by atoms with van der Waals surface area (Å²) in [5, 5.41) is 12.5. The molecule has 53 heavy (non-hydrogen) atoms. The molecule has 5 aromatic carbocycles. The van der Waals surface area contributed by atoms with Crippen molar-refractivity contribution in [1.29, 1.82) is 5.41 Å². The highest BCUT2D eigenvalue weighted by Gasteiger charge is 2.19. The van der Waals surface area contributed by atoms with E-state index in [2.05, 4.69) is 186 Å². The van der Waals surface area contributed by atoms with Gasteiger partial charge in [-0.05, 0) is 112 Å². The lowest BCUT2D eigenvalue weighted by Gasteiger charge is -2.24. The molecule has 258 valence electrons. The number of nitrogens with zero attached hydrogens (tertiary/aromatic N) is 1. The van der Waals surface area contributed by atoms with E-state index in [1.54, 1.807) is 0 Å². The monoisotopic (exact) mass is 685 g/mol. The van der Waals surface area contributed by atoms with Crippen LogP contribution in [0.15, 0.2) is 217 Å². The summed E-state index contributed by atoms with van der Waals surface area (Å²) >= 11 is 0. The lowest BCUT2D eigenvalue weighted by Crippen LogP contribution is -2.30. The van der Waals surface area contributed by atoms with Gasteiger partial charge in [0.1, 0.15) is 5.84 Å². The number of hydrogen-bond acceptors (Lipinski definition) is 1. The number of aromatic nitrogens is 1. The van der Waals surface area contributed by atoms with E-state index >= 15 is 0 Å². The summed E-state index contributed by atoms with van der Waals surface area (Å²) in [6.07, 6.45) is 18.3. The van der Waals surface area contributed by atoms with E-state index in [1.165, 1.54) is 27.8 Å². The molecule has 0 aliphatic heterocycles. The standard InChI is InChI=1S/C50H43N3/c1-3-19-43(49(40-24-15-8-16-25-40)52-50(51)41-26-9-4-5-10-27-41)32-37(2)42-28-17-29-47(36-42)53-31-18-30-48(53)46-34-44(38-20-11-6-12-21-38)33-45(35-46)39-22-13-7-14-23-39/h3-26,28-37,49H,1-2H3,(H2,51,52)/b19-3-,43-32+. The molecule has 0 radical (unpaired) electrons. The molecule has 2 unspecified atom stereocenters. The van der Waals surface area contributed by atoms with Gasteiger partial charge in [-0.1, -0.05) is 147 Å². The van der Waals surface area contributed by atoms with E-state index in [4.69, 9.17) is 5.41 Å². The average molecular weight is 686 g/mol. The Morgan fingerprint density at radius 2 is 1.30 bits per heavy atom. The Kier molecular flexibility index (Phi) is 10.9. The van der Waals surface area contributed by atoms with Crippen molar-refractivity contribution in [1.82, 2.24) is 9.88 Å². The third kappa shape index (κ3) is 8.29. The van der Waals surface area contributed by atoms with Crippen molar-refractivity contribution >= 4 is 5.84 Å². The molecule has 1 aliphatic carbocycles. The van der Waals surface area contributed by atoms with Crippen molar-refractivity contribution < 1.29 is 0 Å². The van der Waals surface area contributed by atoms with Gasteiger partial charge in [0.15, 0.2) is 0 Å². The van der Waals surface area contributed by atoms with Gasteiger partial charge in [0.25, 0.3) is 0 Å². The second-order valence-corrected chi connectivity index (χ2v) is 13.2. The van der Waals surface area contributed by atoms with E-state index < -0.39 is 0 Å². The Labute approximate surface area is 313 Å². The number of benzene rings is 5. The van der Waals surface area contributed by atoms with Crippen molar-refractivity contribution in [2.75, 3.05) is 0 Å². The summed E-state index contributed by atoms with van der Waals surface area (Å²) in [5.41, 5.74) is 15.5. The molecule has 0 saturated carbocycles. The molecule has 1 aliphatic rings. The first kappa shape index (κ1) is 34.8. The summed E-state index contributed by atoms with van der Waals surface area (Å²) in [7, 11) is 0. The predicted molar refractivity (Wildman–Crippen MR) is 223 cm³/mol. The largest absolute Gasteiger partial charge is 0.359 e. The topological polar surface area (TPSA) is 40.8 Å². The molecule has 0 saturated heterocycles. The summed E-state index contributed by atoms with van der Waals surface area (Å²) in [6.45, 7) is 4.29. The van der Waals surface area contributed by atoms with Crippen molar-refractivity contribution in [2.24, 2.45) is 0 Å². The van der Waals surface area contributed by atoms with Crippen molar-refractivity contribution in [3.05, 3.63) is 228 Å². The highest BCUT2D eigenvalue weighted by molar-refractivity contribution is 5.99. The summed E-state index contributed by atoms with van der Waals surface area (Å²) in [5.74, 6) is 0.418. The first-order valence-electron chi connectivity index (χ1n) is 18.2. The zero-order valence-electron chi connectivity index (χ0n) is 30.2. The Balaban J connectivity index is 1.24. The second kappa shape index (κ2) is 16.6. The minimum atomic E-state index is -0.226. The third-order valence-electron chi connectivity index (χ3n) is 9.51. The molecule has 6 aromatic rings. The molecule has 1 aromatic heterocycles. The zero-order chi connectivity index (χ0) is 36.4. The zero-order valence-corrected chi connectivity index (χ0v) is 30.2. The fraction of sp³-hybridized carbons (Fsp3) is 0.0800. The number of amidine groups is 1. The Bertz CT molecular complexity index is 2320. The van der Waals surface area contributed by atoms with Crippen LogP contribution in [0.5, 0.6) is 0 Å². The molecule has 1 heterocycles. The molecule has 3 nitrogen and oxygen atoms in total. The highest BCUT2D eigenvalue weighted by atomic mass is 15.0. The molecular weight excluding hydrogens is 643 g/mol. The normalized spacial score (nSPS) is 13.8. The van der Waals surface area contributed by atoms with Crippen LogP contribution < -0.4 is 5.32 Å². The maximum Gasteiger partial charge on any atom is 0.134 e. The van der Waals surface area contributed by atoms with Gasteiger partial charge >= 0.3 is 0 Å². The number of nitrogens with one attached hydrogen (secondary N) is 2. The van der Waals surface area contributed by atoms with Gasteiger partial charge in [-0.3, -0.25) is 5.41 Å². The minimum absolute atomic E-state index is 0.0922. The van der Waals surface area contributed by atoms with Crippen molar-refractivity contribution in [3.63, 3.8) is 0 Å². The van der Waals surface area contributed by atoms with Crippen LogP contribution in [0.3, 0.4) is 0 Å². The SMILES string of the molecule is C/C=C\C(=C/C(C)c1cccc(-n2cccc2-c2cc(-c3ccccc3)cc(-c3ccccc3)c2)c1)C(NC(=N)C1=C=CC=CC=C1)c1ccccc1. The third-order valence-corrected chi connectivity index (χ3v) is 9.51. The van der Waals surface area contributed by atoms with Crippen molar-refractivity contribution in [2.45, 2.75) is 25.8 Å². The summed E-state index contributed by atoms with van der Waals surface area (Å²) in [6, 6.07) is 51.4. The van der Waals surface area contributed by atoms with Crippen LogP contribution in [-0.4, -0.2) is 10.4 Å². The quantitative estimate of drug-likeness (QED) is 0.0606. The minimum Gasteiger partial charge on any atom is -0.359 e. The molecule has 3 heteroatoms. The number of rotatable bonds is 11. The first-order chi connectivity index (χ1) is 26.1. The van der Waals surface area contributed by atoms with Gasteiger partial charge < -0.3 is 9.88 Å². The molecule has 2 atom stereocenters. The maximum absolute atomic E-state index is 8.99. The Morgan fingerprint density at radius 3 is 1.98 bits per heavy atom. The molecule has 0 fully saturated rings. The van der Waals surface area contributed by atoms with Gasteiger partial charge in [0.2, 0.25) is 0 Å². The summed E-state index contributed by atoms with van der Waals surface area (Å²) < 4.78 is 2.29. The highest BCUT2D eigenvalue weighted by Crippen LogP contribution is 2.35. The van der Waals surface area contributed by atoms with Crippen LogP contribution >= 0.6 is 0 Å². The molecule has 0 spiro atoms. The smallest absolute Gasteiger partial charge is 0.134 e. The van der Waals surface area contributed by atoms with Crippen LogP contribution in [0.25, 0.3) is 39.2 Å². The maximum atomic E-state index is 8.99. The number of hydrogen-bond donors (Lipinski definition) is 2. The molecule has 0 bridgehead atoms. The van der Waals surface area contributed by atoms with Gasteiger partial charge in [-0.15, -0.1) is 5.73 Å². The summed E-state index contributed by atoms with van der Waals surface area (Å²) in [4.78, 5) is 0. The first-order valence-corrected chi connectivity index (χ1v) is 18.2. The van der Waals surface area contributed by atoms with Gasteiger partial charge in [-0.25, -0.2) is 0 Å². The lowest BCUT2D eigenvalue weighted by atomic mass is 9.91. The number of allylic oxidation sites excluding steroid dienone is 5. The van der Waals surface area contributed by atoms with Gasteiger partial charge in [0, 0.05) is 11.9 Å². The van der Waals surface area contributed by atoms with E-state index in [9.17, 15) is 0 Å². The second-order valence-electron chi connectivity index (χ2n) is 13.2. The van der Waals surface area contributed by atoms with Crippen LogP contribution in [0.4, 0.5) is 0 Å². The van der Waals surface area contributed by atoms with E-state index in [1.807, 2.05) is 43.4 Å². The fourth-order valence-electron chi connectivity index (χ4n) is 6.83. The van der Waals surface area contributed by atoms with Crippen LogP contribution in [0.1, 0.15) is 36.9 Å². The van der Waals surface area contributed by atoms with Crippen LogP contribution in [0, 0.1) is 5.41 Å². The van der Waals surface area contributed by atoms with Crippen LogP contribution in [-0.2, 0) is 0 Å². The average Bonchev–Trinajstić information content (AvgIpc) is 3.55. The fourth-order valence-corrected chi connectivity index (χ4v) is 6.83. The van der Waals surface area contributed by atoms with E-state index in [-0.39, 0.29) is 12.0 Å². The van der Waals surface area contributed by atoms with Crippen LogP contribution in [0.2, 0.25) is 0 Å². The lowest BCUT2D eigenvalue weighted by molar-refractivity contribution is 0.747. The van der Waals surface area contributed by atoms with E-state index in [0.29, 0.717) is 11.4 Å². The van der Waals surface area contributed by atoms with Crippen molar-refractivity contribution in [3.8, 4) is 39.2 Å². The van der Waals surface area contributed by atoms with Gasteiger partial charge in [0.05, 0.1) is 17.3 Å².